The molecule has 176 valence electrons. The van der Waals surface area contributed by atoms with Crippen LogP contribution in [-0.4, -0.2) is 23.5 Å². The molecular weight excluding hydrogens is 442 g/mol. The topological polar surface area (TPSA) is 96.6 Å². The number of nitrogens with zero attached hydrogens (tertiary/aromatic N) is 1. The van der Waals surface area contributed by atoms with Gasteiger partial charge in [-0.3, -0.25) is 9.59 Å². The zero-order valence-electron chi connectivity index (χ0n) is 19.2. The molecule has 3 aromatic rings. The third-order valence-electron chi connectivity index (χ3n) is 6.89. The number of carbonyl (C=O) groups excluding carboxylic acids is 1. The van der Waals surface area contributed by atoms with E-state index in [1.807, 2.05) is 0 Å². The van der Waals surface area contributed by atoms with Gasteiger partial charge in [-0.15, -0.1) is 0 Å². The smallest absolute Gasteiger partial charge is 0.311 e. The highest BCUT2D eigenvalue weighted by Gasteiger charge is 2.29. The number of carboxylic acid groups (broad SMARTS) is 1. The summed E-state index contributed by atoms with van der Waals surface area (Å²) in [5.74, 6) is 0.154. The Morgan fingerprint density at radius 2 is 1.77 bits per heavy atom. The first-order valence-electron chi connectivity index (χ1n) is 11.8. The van der Waals surface area contributed by atoms with Crippen LogP contribution in [0.5, 0.6) is 17.2 Å². The van der Waals surface area contributed by atoms with Crippen LogP contribution in [0.4, 0.5) is 0 Å². The van der Waals surface area contributed by atoms with E-state index in [1.165, 1.54) is 17.2 Å². The van der Waals surface area contributed by atoms with Crippen molar-refractivity contribution in [3.8, 4) is 23.3 Å². The van der Waals surface area contributed by atoms with Gasteiger partial charge < -0.3 is 14.6 Å². The highest BCUT2D eigenvalue weighted by molar-refractivity contribution is 5.96. The maximum atomic E-state index is 12.7. The Bertz CT molecular complexity index is 1300. The second kappa shape index (κ2) is 9.63. The summed E-state index contributed by atoms with van der Waals surface area (Å²) < 4.78 is 11.5. The molecule has 0 spiro atoms. The second-order valence-electron chi connectivity index (χ2n) is 9.16. The predicted molar refractivity (Wildman–Crippen MR) is 129 cm³/mol. The average molecular weight is 468 g/mol. The third-order valence-corrected chi connectivity index (χ3v) is 6.89. The number of Topliss-reactive ketones (excluding diaryl/α,β-unsaturated/α-hetero) is 1. The third kappa shape index (κ3) is 4.76. The molecule has 1 aliphatic heterocycles. The maximum Gasteiger partial charge on any atom is 0.311 e. The van der Waals surface area contributed by atoms with E-state index in [9.17, 15) is 20.0 Å². The molecule has 0 bridgehead atoms. The van der Waals surface area contributed by atoms with E-state index in [0.717, 1.165) is 19.3 Å². The number of carboxylic acids is 1. The summed E-state index contributed by atoms with van der Waals surface area (Å²) >= 11 is 0. The maximum absolute atomic E-state index is 12.7. The largest absolute Gasteiger partial charge is 0.493 e. The number of hydrogen-bond donors (Lipinski definition) is 1. The molecule has 0 amide bonds. The lowest BCUT2D eigenvalue weighted by atomic mass is 9.91. The van der Waals surface area contributed by atoms with Crippen LogP contribution in [0.2, 0.25) is 0 Å². The highest BCUT2D eigenvalue weighted by Crippen LogP contribution is 2.40. The molecule has 1 N–H and O–H groups in total. The van der Waals surface area contributed by atoms with Crippen LogP contribution < -0.4 is 9.47 Å². The minimum Gasteiger partial charge on any atom is -0.493 e. The number of carbonyl (C=O) groups is 2. The van der Waals surface area contributed by atoms with Gasteiger partial charge in [-0.25, -0.2) is 0 Å². The fraction of sp³-hybridized carbons (Fsp3) is 0.276. The predicted octanol–water partition coefficient (Wildman–Crippen LogP) is 5.68. The molecule has 1 heterocycles. The standard InChI is InChI=1S/C29H25NO5/c30-17-22-15-25-24(29(32)33)11-12-34-28(25)16-27(22)35-23-8-6-19(7-9-23)26(31)10-5-18-13-20-3-1-2-4-21(20)14-18/h1-4,6-9,15-16,18,24H,5,10-14H2,(H,32,33). The molecule has 0 saturated heterocycles. The van der Waals surface area contributed by atoms with Crippen molar-refractivity contribution >= 4 is 11.8 Å². The van der Waals surface area contributed by atoms with Crippen molar-refractivity contribution < 1.29 is 24.2 Å². The molecule has 1 atom stereocenters. The Balaban J connectivity index is 1.24. The zero-order chi connectivity index (χ0) is 24.4. The van der Waals surface area contributed by atoms with Gasteiger partial charge in [0.15, 0.2) is 5.78 Å². The summed E-state index contributed by atoms with van der Waals surface area (Å²) in [6.45, 7) is 0.291. The van der Waals surface area contributed by atoms with Gasteiger partial charge >= 0.3 is 5.97 Å². The molecule has 5 rings (SSSR count). The number of benzene rings is 3. The van der Waals surface area contributed by atoms with E-state index in [4.69, 9.17) is 9.47 Å². The van der Waals surface area contributed by atoms with Crippen LogP contribution in [0.25, 0.3) is 0 Å². The van der Waals surface area contributed by atoms with Gasteiger partial charge in [0, 0.05) is 23.6 Å². The summed E-state index contributed by atoms with van der Waals surface area (Å²) in [5.41, 5.74) is 4.15. The first-order chi connectivity index (χ1) is 17.0. The lowest BCUT2D eigenvalue weighted by Crippen LogP contribution is -2.21. The van der Waals surface area contributed by atoms with Gasteiger partial charge in [-0.05, 0) is 73.1 Å². The van der Waals surface area contributed by atoms with Crippen molar-refractivity contribution in [1.82, 2.24) is 0 Å². The van der Waals surface area contributed by atoms with Crippen LogP contribution in [0.1, 0.15) is 57.8 Å². The van der Waals surface area contributed by atoms with Crippen molar-refractivity contribution in [3.63, 3.8) is 0 Å². The first-order valence-corrected chi connectivity index (χ1v) is 11.8. The van der Waals surface area contributed by atoms with Crippen molar-refractivity contribution in [3.05, 3.63) is 88.5 Å². The van der Waals surface area contributed by atoms with Gasteiger partial charge in [-0.2, -0.15) is 5.26 Å². The quantitative estimate of drug-likeness (QED) is 0.449. The van der Waals surface area contributed by atoms with E-state index in [2.05, 4.69) is 30.3 Å². The van der Waals surface area contributed by atoms with Crippen LogP contribution in [0, 0.1) is 17.2 Å². The number of ketones is 1. The van der Waals surface area contributed by atoms with Crippen molar-refractivity contribution in [1.29, 1.82) is 5.26 Å². The van der Waals surface area contributed by atoms with E-state index in [1.54, 1.807) is 30.3 Å². The molecule has 1 aliphatic carbocycles. The van der Waals surface area contributed by atoms with Crippen molar-refractivity contribution in [2.24, 2.45) is 5.92 Å². The summed E-state index contributed by atoms with van der Waals surface area (Å²) in [5, 5.41) is 19.1. The molecular formula is C29H25NO5. The molecule has 35 heavy (non-hydrogen) atoms. The van der Waals surface area contributed by atoms with Crippen molar-refractivity contribution in [2.75, 3.05) is 6.61 Å². The van der Waals surface area contributed by atoms with E-state index in [0.29, 0.717) is 48.0 Å². The van der Waals surface area contributed by atoms with Crippen LogP contribution >= 0.6 is 0 Å². The fourth-order valence-electron chi connectivity index (χ4n) is 5.02. The number of ether oxygens (including phenoxy) is 2. The zero-order valence-corrected chi connectivity index (χ0v) is 19.2. The fourth-order valence-corrected chi connectivity index (χ4v) is 5.02. The van der Waals surface area contributed by atoms with E-state index < -0.39 is 11.9 Å². The number of hydrogen-bond acceptors (Lipinski definition) is 5. The Morgan fingerprint density at radius 3 is 2.43 bits per heavy atom. The normalized spacial score (nSPS) is 16.5. The number of nitriles is 1. The minimum absolute atomic E-state index is 0.104. The molecule has 0 saturated carbocycles. The lowest BCUT2D eigenvalue weighted by Gasteiger charge is -2.24. The van der Waals surface area contributed by atoms with Crippen LogP contribution in [0.15, 0.2) is 60.7 Å². The first kappa shape index (κ1) is 22.7. The molecule has 0 radical (unpaired) electrons. The lowest BCUT2D eigenvalue weighted by molar-refractivity contribution is -0.139. The number of rotatable bonds is 7. The van der Waals surface area contributed by atoms with Crippen LogP contribution in [0.3, 0.4) is 0 Å². The van der Waals surface area contributed by atoms with E-state index >= 15 is 0 Å². The summed E-state index contributed by atoms with van der Waals surface area (Å²) in [4.78, 5) is 24.3. The average Bonchev–Trinajstić information content (AvgIpc) is 3.30. The van der Waals surface area contributed by atoms with E-state index in [-0.39, 0.29) is 17.1 Å². The van der Waals surface area contributed by atoms with Gasteiger partial charge in [0.2, 0.25) is 0 Å². The van der Waals surface area contributed by atoms with Gasteiger partial charge in [0.1, 0.15) is 23.3 Å². The monoisotopic (exact) mass is 467 g/mol. The highest BCUT2D eigenvalue weighted by atomic mass is 16.5. The number of fused-ring (bicyclic) bond motifs is 2. The molecule has 0 fully saturated rings. The minimum atomic E-state index is -0.940. The second-order valence-corrected chi connectivity index (χ2v) is 9.16. The summed E-state index contributed by atoms with van der Waals surface area (Å²) in [6, 6.07) is 20.6. The molecule has 6 nitrogen and oxygen atoms in total. The molecule has 3 aromatic carbocycles. The molecule has 0 aromatic heterocycles. The molecule has 1 unspecified atom stereocenters. The molecule has 2 aliphatic rings. The Morgan fingerprint density at radius 1 is 1.06 bits per heavy atom. The SMILES string of the molecule is N#Cc1cc2c(cc1Oc1ccc(C(=O)CCC3Cc4ccccc4C3)cc1)OCCC2C(=O)O. The van der Waals surface area contributed by atoms with Gasteiger partial charge in [0.25, 0.3) is 0 Å². The van der Waals surface area contributed by atoms with Gasteiger partial charge in [0.05, 0.1) is 18.1 Å². The molecule has 6 heteroatoms. The Kier molecular flexibility index (Phi) is 6.24. The Hall–Kier alpha value is -4.11. The van der Waals surface area contributed by atoms with Crippen molar-refractivity contribution in [2.45, 2.75) is 38.0 Å². The summed E-state index contributed by atoms with van der Waals surface area (Å²) in [7, 11) is 0. The summed E-state index contributed by atoms with van der Waals surface area (Å²) in [6.07, 6.45) is 3.80. The van der Waals surface area contributed by atoms with Gasteiger partial charge in [-0.1, -0.05) is 24.3 Å². The number of aliphatic carboxylic acids is 1. The Labute approximate surface area is 203 Å². The van der Waals surface area contributed by atoms with Crippen LogP contribution in [-0.2, 0) is 17.6 Å².